The molecule has 1 aromatic carbocycles. The highest BCUT2D eigenvalue weighted by atomic mass is 35.5. The molecule has 2 rings (SSSR count). The number of rotatable bonds is 0. The van der Waals surface area contributed by atoms with Crippen molar-refractivity contribution in [1.82, 2.24) is 5.32 Å². The summed E-state index contributed by atoms with van der Waals surface area (Å²) in [5, 5.41) is 12.4. The molecule has 0 aliphatic carbocycles. The van der Waals surface area contributed by atoms with Gasteiger partial charge in [-0.1, -0.05) is 6.07 Å². The standard InChI is InChI=1S/C9H11NO2.ClH/c11-8-2-1-7-6-10-3-4-12-9(7)5-8;/h1-2,5,10-11H,3-4,6H2;1H. The van der Waals surface area contributed by atoms with Gasteiger partial charge in [-0.3, -0.25) is 0 Å². The van der Waals surface area contributed by atoms with Gasteiger partial charge in [0.2, 0.25) is 0 Å². The van der Waals surface area contributed by atoms with Crippen LogP contribution in [0.5, 0.6) is 11.5 Å². The number of aromatic hydroxyl groups is 1. The summed E-state index contributed by atoms with van der Waals surface area (Å²) in [6.45, 7) is 2.33. The number of phenols is 1. The maximum absolute atomic E-state index is 9.18. The van der Waals surface area contributed by atoms with Crippen LogP contribution in [0.25, 0.3) is 0 Å². The molecule has 3 nitrogen and oxygen atoms in total. The number of benzene rings is 1. The highest BCUT2D eigenvalue weighted by Crippen LogP contribution is 2.24. The zero-order valence-corrected chi connectivity index (χ0v) is 7.93. The predicted molar refractivity (Wildman–Crippen MR) is 52.6 cm³/mol. The van der Waals surface area contributed by atoms with Crippen molar-refractivity contribution in [2.75, 3.05) is 13.2 Å². The quantitative estimate of drug-likeness (QED) is 0.665. The lowest BCUT2D eigenvalue weighted by atomic mass is 10.2. The summed E-state index contributed by atoms with van der Waals surface area (Å²) in [7, 11) is 0. The van der Waals surface area contributed by atoms with Crippen molar-refractivity contribution in [1.29, 1.82) is 0 Å². The Morgan fingerprint density at radius 3 is 3.08 bits per heavy atom. The van der Waals surface area contributed by atoms with Crippen LogP contribution in [0.1, 0.15) is 5.56 Å². The lowest BCUT2D eigenvalue weighted by Gasteiger charge is -2.05. The summed E-state index contributed by atoms with van der Waals surface area (Å²) in [5.41, 5.74) is 1.10. The highest BCUT2D eigenvalue weighted by molar-refractivity contribution is 5.85. The highest BCUT2D eigenvalue weighted by Gasteiger charge is 2.07. The minimum absolute atomic E-state index is 0. The van der Waals surface area contributed by atoms with Gasteiger partial charge in [-0.25, -0.2) is 0 Å². The van der Waals surface area contributed by atoms with Crippen LogP contribution in [0.15, 0.2) is 18.2 Å². The van der Waals surface area contributed by atoms with E-state index in [0.29, 0.717) is 6.61 Å². The lowest BCUT2D eigenvalue weighted by molar-refractivity contribution is 0.324. The molecule has 0 aromatic heterocycles. The third-order valence-corrected chi connectivity index (χ3v) is 1.90. The second-order valence-corrected chi connectivity index (χ2v) is 2.82. The number of nitrogens with one attached hydrogen (secondary N) is 1. The van der Waals surface area contributed by atoms with Crippen molar-refractivity contribution < 1.29 is 9.84 Å². The number of fused-ring (bicyclic) bond motifs is 1. The van der Waals surface area contributed by atoms with Crippen LogP contribution in [0.3, 0.4) is 0 Å². The Morgan fingerprint density at radius 1 is 1.38 bits per heavy atom. The second kappa shape index (κ2) is 4.35. The van der Waals surface area contributed by atoms with E-state index >= 15 is 0 Å². The first-order valence-electron chi connectivity index (χ1n) is 4.02. The van der Waals surface area contributed by atoms with E-state index in [2.05, 4.69) is 5.32 Å². The fourth-order valence-electron chi connectivity index (χ4n) is 1.28. The largest absolute Gasteiger partial charge is 0.508 e. The zero-order valence-electron chi connectivity index (χ0n) is 7.12. The molecule has 0 fully saturated rings. The van der Waals surface area contributed by atoms with Crippen LogP contribution in [-0.2, 0) is 6.54 Å². The molecular formula is C9H12ClNO2. The fourth-order valence-corrected chi connectivity index (χ4v) is 1.28. The van der Waals surface area contributed by atoms with E-state index in [9.17, 15) is 5.11 Å². The van der Waals surface area contributed by atoms with Crippen molar-refractivity contribution in [3.8, 4) is 11.5 Å². The molecule has 4 heteroatoms. The Hall–Kier alpha value is -0.930. The minimum Gasteiger partial charge on any atom is -0.508 e. The Morgan fingerprint density at radius 2 is 2.23 bits per heavy atom. The Kier molecular flexibility index (Phi) is 3.39. The van der Waals surface area contributed by atoms with Gasteiger partial charge >= 0.3 is 0 Å². The maximum atomic E-state index is 9.18. The average molecular weight is 202 g/mol. The fraction of sp³-hybridized carbons (Fsp3) is 0.333. The van der Waals surface area contributed by atoms with Gasteiger partial charge in [0.05, 0.1) is 0 Å². The summed E-state index contributed by atoms with van der Waals surface area (Å²) in [5.74, 6) is 1.05. The number of halogens is 1. The maximum Gasteiger partial charge on any atom is 0.127 e. The zero-order chi connectivity index (χ0) is 8.39. The molecule has 0 spiro atoms. The monoisotopic (exact) mass is 201 g/mol. The van der Waals surface area contributed by atoms with E-state index in [1.54, 1.807) is 12.1 Å². The third-order valence-electron chi connectivity index (χ3n) is 1.90. The summed E-state index contributed by atoms with van der Waals surface area (Å²) in [6.07, 6.45) is 0. The van der Waals surface area contributed by atoms with E-state index in [1.165, 1.54) is 0 Å². The molecule has 13 heavy (non-hydrogen) atoms. The first-order chi connectivity index (χ1) is 5.86. The number of hydrogen-bond donors (Lipinski definition) is 2. The number of ether oxygens (including phenoxy) is 1. The van der Waals surface area contributed by atoms with Gasteiger partial charge < -0.3 is 15.2 Å². The molecule has 0 saturated carbocycles. The normalized spacial score (nSPS) is 14.8. The average Bonchev–Trinajstić information content (AvgIpc) is 2.28. The SMILES string of the molecule is Cl.Oc1ccc2c(c1)OCCNC2. The van der Waals surface area contributed by atoms with Gasteiger partial charge in [0.25, 0.3) is 0 Å². The minimum atomic E-state index is 0. The van der Waals surface area contributed by atoms with E-state index in [-0.39, 0.29) is 18.2 Å². The van der Waals surface area contributed by atoms with E-state index in [0.717, 1.165) is 24.4 Å². The molecule has 0 radical (unpaired) electrons. The first-order valence-corrected chi connectivity index (χ1v) is 4.02. The van der Waals surface area contributed by atoms with Crippen molar-refractivity contribution in [3.05, 3.63) is 23.8 Å². The van der Waals surface area contributed by atoms with Crippen LogP contribution in [0, 0.1) is 0 Å². The van der Waals surface area contributed by atoms with Crippen molar-refractivity contribution in [2.45, 2.75) is 6.54 Å². The molecule has 2 N–H and O–H groups in total. The molecule has 0 atom stereocenters. The van der Waals surface area contributed by atoms with E-state index in [4.69, 9.17) is 4.74 Å². The molecule has 72 valence electrons. The van der Waals surface area contributed by atoms with Crippen LogP contribution in [0.2, 0.25) is 0 Å². The molecule has 1 heterocycles. The molecule has 1 aliphatic rings. The van der Waals surface area contributed by atoms with Crippen LogP contribution >= 0.6 is 12.4 Å². The molecule has 1 aliphatic heterocycles. The summed E-state index contributed by atoms with van der Waals surface area (Å²) in [6, 6.07) is 5.21. The topological polar surface area (TPSA) is 41.5 Å². The Labute approximate surface area is 83.1 Å². The number of hydrogen-bond acceptors (Lipinski definition) is 3. The van der Waals surface area contributed by atoms with E-state index in [1.807, 2.05) is 6.07 Å². The van der Waals surface area contributed by atoms with Gasteiger partial charge in [-0.05, 0) is 6.07 Å². The summed E-state index contributed by atoms with van der Waals surface area (Å²) >= 11 is 0. The molecule has 0 saturated heterocycles. The van der Waals surface area contributed by atoms with Crippen LogP contribution in [0.4, 0.5) is 0 Å². The van der Waals surface area contributed by atoms with Gasteiger partial charge in [0.15, 0.2) is 0 Å². The lowest BCUT2D eigenvalue weighted by Crippen LogP contribution is -2.16. The third kappa shape index (κ3) is 2.26. The van der Waals surface area contributed by atoms with Crippen LogP contribution in [-0.4, -0.2) is 18.3 Å². The van der Waals surface area contributed by atoms with Gasteiger partial charge in [-0.2, -0.15) is 0 Å². The Balaban J connectivity index is 0.000000845. The van der Waals surface area contributed by atoms with Gasteiger partial charge in [0, 0.05) is 24.7 Å². The van der Waals surface area contributed by atoms with Crippen molar-refractivity contribution >= 4 is 12.4 Å². The molecule has 0 amide bonds. The van der Waals surface area contributed by atoms with Crippen LogP contribution < -0.4 is 10.1 Å². The Bertz CT molecular complexity index is 291. The summed E-state index contributed by atoms with van der Waals surface area (Å²) in [4.78, 5) is 0. The van der Waals surface area contributed by atoms with Crippen molar-refractivity contribution in [2.24, 2.45) is 0 Å². The summed E-state index contributed by atoms with van der Waals surface area (Å²) < 4.78 is 5.41. The molecule has 0 bridgehead atoms. The molecule has 0 unspecified atom stereocenters. The smallest absolute Gasteiger partial charge is 0.127 e. The van der Waals surface area contributed by atoms with E-state index < -0.39 is 0 Å². The predicted octanol–water partition coefficient (Wildman–Crippen LogP) is 1.30. The van der Waals surface area contributed by atoms with Gasteiger partial charge in [-0.15, -0.1) is 12.4 Å². The molecule has 1 aromatic rings. The van der Waals surface area contributed by atoms with Crippen molar-refractivity contribution in [3.63, 3.8) is 0 Å². The molecular weight excluding hydrogens is 190 g/mol. The van der Waals surface area contributed by atoms with Gasteiger partial charge in [0.1, 0.15) is 18.1 Å². The first kappa shape index (κ1) is 10.2. The number of phenolic OH excluding ortho intramolecular Hbond substituents is 1. The second-order valence-electron chi connectivity index (χ2n) is 2.82.